The van der Waals surface area contributed by atoms with E-state index in [1.807, 2.05) is 0 Å². The van der Waals surface area contributed by atoms with Gasteiger partial charge in [0.2, 0.25) is 0 Å². The van der Waals surface area contributed by atoms with Gasteiger partial charge in [0.15, 0.2) is 0 Å². The lowest BCUT2D eigenvalue weighted by molar-refractivity contribution is 0.0521. The molecule has 0 aliphatic heterocycles. The maximum Gasteiger partial charge on any atom is 0.475 e. The summed E-state index contributed by atoms with van der Waals surface area (Å²) in [5.74, 6) is 0. The van der Waals surface area contributed by atoms with Crippen LogP contribution in [0.4, 0.5) is 0 Å². The highest BCUT2D eigenvalue weighted by Crippen LogP contribution is 2.54. The van der Waals surface area contributed by atoms with Crippen molar-refractivity contribution in [3.8, 4) is 0 Å². The van der Waals surface area contributed by atoms with Gasteiger partial charge in [-0.05, 0) is 20.8 Å². The summed E-state index contributed by atoms with van der Waals surface area (Å²) in [5, 5.41) is 0. The maximum atomic E-state index is 12.5. The quantitative estimate of drug-likeness (QED) is 0.346. The topological polar surface area (TPSA) is 44.8 Å². The first-order valence-corrected chi connectivity index (χ1v) is 9.56. The SMILES string of the molecule is CC(OP(=O)(OC(C)C(Cl)Cl)OC(C)C(Cl)Cl)C(Cl)Cl. The zero-order chi connectivity index (χ0) is 16.1. The fourth-order valence-corrected chi connectivity index (χ4v) is 3.30. The molecule has 0 radical (unpaired) electrons. The van der Waals surface area contributed by atoms with E-state index in [4.69, 9.17) is 83.2 Å². The molecule has 0 aromatic rings. The number of phosphoric acid groups is 1. The highest BCUT2D eigenvalue weighted by molar-refractivity contribution is 7.48. The second kappa shape index (κ2) is 9.87. The average Bonchev–Trinajstić information content (AvgIpc) is 2.27. The molecule has 0 saturated carbocycles. The Labute approximate surface area is 148 Å². The number of halogens is 6. The average molecular weight is 431 g/mol. The highest BCUT2D eigenvalue weighted by Gasteiger charge is 2.37. The predicted octanol–water partition coefficient (Wildman–Crippen LogP) is 5.72. The molecule has 11 heteroatoms. The summed E-state index contributed by atoms with van der Waals surface area (Å²) >= 11 is 33.8. The minimum absolute atomic E-state index is 0.822. The molecule has 20 heavy (non-hydrogen) atoms. The Morgan fingerprint density at radius 3 is 1.00 bits per heavy atom. The largest absolute Gasteiger partial charge is 0.475 e. The molecule has 0 bridgehead atoms. The molecule has 0 rings (SSSR count). The van der Waals surface area contributed by atoms with E-state index in [9.17, 15) is 4.57 Å². The monoisotopic (exact) mass is 428 g/mol. The summed E-state index contributed by atoms with van der Waals surface area (Å²) in [4.78, 5) is -2.81. The van der Waals surface area contributed by atoms with Crippen molar-refractivity contribution in [2.45, 2.75) is 53.6 Å². The van der Waals surface area contributed by atoms with Gasteiger partial charge in [-0.15, -0.1) is 69.6 Å². The van der Waals surface area contributed by atoms with E-state index >= 15 is 0 Å². The first kappa shape index (κ1) is 21.9. The third kappa shape index (κ3) is 8.47. The minimum atomic E-state index is -4.06. The van der Waals surface area contributed by atoms with Crippen molar-refractivity contribution in [3.05, 3.63) is 0 Å². The molecular weight excluding hydrogens is 416 g/mol. The first-order chi connectivity index (χ1) is 8.98. The van der Waals surface area contributed by atoms with Crippen molar-refractivity contribution in [1.82, 2.24) is 0 Å². The van der Waals surface area contributed by atoms with Gasteiger partial charge in [0.1, 0.15) is 14.5 Å². The zero-order valence-electron chi connectivity index (χ0n) is 10.8. The van der Waals surface area contributed by atoms with Crippen molar-refractivity contribution >= 4 is 77.4 Å². The Morgan fingerprint density at radius 1 is 0.650 bits per heavy atom. The molecule has 0 aromatic carbocycles. The van der Waals surface area contributed by atoms with Crippen LogP contribution in [-0.4, -0.2) is 32.8 Å². The predicted molar refractivity (Wildman–Crippen MR) is 85.7 cm³/mol. The van der Waals surface area contributed by atoms with E-state index < -0.39 is 40.6 Å². The van der Waals surface area contributed by atoms with Gasteiger partial charge < -0.3 is 0 Å². The van der Waals surface area contributed by atoms with E-state index in [2.05, 4.69) is 0 Å². The molecule has 0 amide bonds. The number of phosphoric ester groups is 1. The number of rotatable bonds is 9. The Hall–Kier alpha value is 1.85. The van der Waals surface area contributed by atoms with Gasteiger partial charge in [0.05, 0.1) is 18.3 Å². The van der Waals surface area contributed by atoms with Gasteiger partial charge in [-0.1, -0.05) is 0 Å². The van der Waals surface area contributed by atoms with Gasteiger partial charge in [-0.3, -0.25) is 13.6 Å². The maximum absolute atomic E-state index is 12.5. The van der Waals surface area contributed by atoms with E-state index in [0.29, 0.717) is 0 Å². The van der Waals surface area contributed by atoms with E-state index in [0.717, 1.165) is 0 Å². The molecule has 0 N–H and O–H groups in total. The Balaban J connectivity index is 4.97. The van der Waals surface area contributed by atoms with Crippen LogP contribution in [-0.2, 0) is 18.1 Å². The molecule has 0 heterocycles. The second-order valence-electron chi connectivity index (χ2n) is 3.88. The molecule has 0 aliphatic rings. The second-order valence-corrected chi connectivity index (χ2v) is 8.90. The van der Waals surface area contributed by atoms with Crippen molar-refractivity contribution in [2.24, 2.45) is 0 Å². The molecule has 0 saturated heterocycles. The van der Waals surface area contributed by atoms with Crippen LogP contribution in [0.15, 0.2) is 0 Å². The van der Waals surface area contributed by atoms with Crippen molar-refractivity contribution in [2.75, 3.05) is 0 Å². The Bertz CT molecular complexity index is 282. The summed E-state index contributed by atoms with van der Waals surface area (Å²) in [6.07, 6.45) is -2.47. The number of alkyl halides is 6. The number of hydrogen-bond donors (Lipinski definition) is 0. The lowest BCUT2D eigenvalue weighted by atomic mass is 10.5. The van der Waals surface area contributed by atoms with Crippen LogP contribution in [0.3, 0.4) is 0 Å². The first-order valence-electron chi connectivity index (χ1n) is 5.48. The summed E-state index contributed by atoms with van der Waals surface area (Å²) in [6.45, 7) is 4.49. The van der Waals surface area contributed by atoms with Crippen LogP contribution in [0.1, 0.15) is 20.8 Å². The molecule has 3 atom stereocenters. The van der Waals surface area contributed by atoms with Crippen molar-refractivity contribution < 1.29 is 18.1 Å². The molecule has 0 aliphatic carbocycles. The molecular formula is C9H15Cl6O4P. The Morgan fingerprint density at radius 2 is 0.850 bits per heavy atom. The van der Waals surface area contributed by atoms with Crippen molar-refractivity contribution in [3.63, 3.8) is 0 Å². The number of hydrogen-bond acceptors (Lipinski definition) is 4. The van der Waals surface area contributed by atoms with E-state index in [1.54, 1.807) is 0 Å². The van der Waals surface area contributed by atoms with Gasteiger partial charge in [-0.25, -0.2) is 4.57 Å². The molecule has 122 valence electrons. The highest BCUT2D eigenvalue weighted by atomic mass is 35.5. The van der Waals surface area contributed by atoms with Crippen LogP contribution >= 0.6 is 77.4 Å². The molecule has 0 spiro atoms. The third-order valence-electron chi connectivity index (χ3n) is 1.95. The smallest absolute Gasteiger partial charge is 0.281 e. The standard InChI is InChI=1S/C9H15Cl6O4P/c1-4(7(10)11)17-20(16,18-5(2)8(12)13)19-6(3)9(14)15/h4-9H,1-3H3. The van der Waals surface area contributed by atoms with Gasteiger partial charge in [0, 0.05) is 0 Å². The summed E-state index contributed by atoms with van der Waals surface area (Å²) in [7, 11) is -4.06. The van der Waals surface area contributed by atoms with Crippen LogP contribution < -0.4 is 0 Å². The summed E-state index contributed by atoms with van der Waals surface area (Å²) < 4.78 is 28.0. The fraction of sp³-hybridized carbons (Fsp3) is 1.00. The lowest BCUT2D eigenvalue weighted by Gasteiger charge is -2.27. The van der Waals surface area contributed by atoms with E-state index in [-0.39, 0.29) is 0 Å². The fourth-order valence-electron chi connectivity index (χ4n) is 0.823. The summed E-state index contributed by atoms with van der Waals surface area (Å²) in [5.41, 5.74) is 0. The molecule has 3 unspecified atom stereocenters. The molecule has 0 aromatic heterocycles. The van der Waals surface area contributed by atoms with E-state index in [1.165, 1.54) is 20.8 Å². The van der Waals surface area contributed by atoms with Crippen LogP contribution in [0, 0.1) is 0 Å². The minimum Gasteiger partial charge on any atom is -0.281 e. The summed E-state index contributed by atoms with van der Waals surface area (Å²) in [6, 6.07) is 0. The molecule has 0 fully saturated rings. The van der Waals surface area contributed by atoms with Crippen LogP contribution in [0.5, 0.6) is 0 Å². The van der Waals surface area contributed by atoms with Gasteiger partial charge in [0.25, 0.3) is 0 Å². The Kier molecular flexibility index (Phi) is 10.8. The zero-order valence-corrected chi connectivity index (χ0v) is 16.2. The van der Waals surface area contributed by atoms with Gasteiger partial charge >= 0.3 is 7.82 Å². The van der Waals surface area contributed by atoms with Gasteiger partial charge in [-0.2, -0.15) is 0 Å². The van der Waals surface area contributed by atoms with Crippen LogP contribution in [0.2, 0.25) is 0 Å². The third-order valence-corrected chi connectivity index (χ3v) is 5.85. The van der Waals surface area contributed by atoms with Crippen LogP contribution in [0.25, 0.3) is 0 Å². The van der Waals surface area contributed by atoms with Crippen molar-refractivity contribution in [1.29, 1.82) is 0 Å². The normalized spacial score (nSPS) is 20.2. The lowest BCUT2D eigenvalue weighted by Crippen LogP contribution is -2.24. The molecule has 4 nitrogen and oxygen atoms in total.